The van der Waals surface area contributed by atoms with Crippen molar-refractivity contribution in [2.45, 2.75) is 25.7 Å². The molecule has 0 aliphatic carbocycles. The Morgan fingerprint density at radius 2 is 1.27 bits per heavy atom. The number of hydrogen-bond donors (Lipinski definition) is 0. The normalized spacial score (nSPS) is 18.4. The van der Waals surface area contributed by atoms with Gasteiger partial charge in [-0.2, -0.15) is 0 Å². The average molecular weight is 310 g/mol. The highest BCUT2D eigenvalue weighted by Gasteiger charge is 2.21. The molecule has 2 amide bonds. The molecule has 0 N–H and O–H groups in total. The van der Waals surface area contributed by atoms with E-state index < -0.39 is 11.9 Å². The average Bonchev–Trinajstić information content (AvgIpc) is 3.09. The predicted octanol–water partition coefficient (Wildman–Crippen LogP) is -0.211. The summed E-state index contributed by atoms with van der Waals surface area (Å²) in [6, 6.07) is 0. The van der Waals surface area contributed by atoms with E-state index in [9.17, 15) is 19.2 Å². The summed E-state index contributed by atoms with van der Waals surface area (Å²) < 4.78 is 9.70. The van der Waals surface area contributed by atoms with Gasteiger partial charge in [0.25, 0.3) is 0 Å². The molecule has 2 heterocycles. The van der Waals surface area contributed by atoms with Crippen molar-refractivity contribution < 1.29 is 28.7 Å². The Kier molecular flexibility index (Phi) is 5.51. The Morgan fingerprint density at radius 3 is 1.59 bits per heavy atom. The second kappa shape index (κ2) is 7.58. The maximum Gasteiger partial charge on any atom is 0.332 e. The molecule has 0 bridgehead atoms. The van der Waals surface area contributed by atoms with Gasteiger partial charge in [0.15, 0.2) is 13.5 Å². The van der Waals surface area contributed by atoms with Crippen LogP contribution in [0.4, 0.5) is 0 Å². The van der Waals surface area contributed by atoms with E-state index >= 15 is 0 Å². The number of nitrogens with zero attached hydrogens (tertiary/aromatic N) is 2. The van der Waals surface area contributed by atoms with Crippen molar-refractivity contribution in [3.05, 3.63) is 12.2 Å². The largest absolute Gasteiger partial charge is 0.441 e. The molecule has 22 heavy (non-hydrogen) atoms. The van der Waals surface area contributed by atoms with Crippen molar-refractivity contribution in [1.29, 1.82) is 0 Å². The first kappa shape index (κ1) is 16.0. The van der Waals surface area contributed by atoms with Gasteiger partial charge >= 0.3 is 11.9 Å². The second-order valence-corrected chi connectivity index (χ2v) is 5.04. The molecule has 120 valence electrons. The van der Waals surface area contributed by atoms with Gasteiger partial charge in [0, 0.05) is 38.1 Å². The number of hydrogen-bond acceptors (Lipinski definition) is 6. The number of likely N-dealkylation sites (tertiary alicyclic amines) is 2. The standard InChI is InChI=1S/C14H18N2O6/c17-11-3-1-7-15(11)9-21-13(19)5-6-14(20)22-10-16-8-2-4-12(16)18/h5-6H,1-4,7-10H2/b6-5-. The number of rotatable bonds is 6. The molecule has 8 heteroatoms. The Balaban J connectivity index is 1.64. The highest BCUT2D eigenvalue weighted by Crippen LogP contribution is 2.09. The molecule has 0 aromatic carbocycles. The van der Waals surface area contributed by atoms with Gasteiger partial charge in [-0.15, -0.1) is 0 Å². The zero-order valence-corrected chi connectivity index (χ0v) is 12.2. The zero-order chi connectivity index (χ0) is 15.9. The Morgan fingerprint density at radius 1 is 0.864 bits per heavy atom. The molecular formula is C14H18N2O6. The smallest absolute Gasteiger partial charge is 0.332 e. The van der Waals surface area contributed by atoms with Gasteiger partial charge in [-0.1, -0.05) is 0 Å². The van der Waals surface area contributed by atoms with Crippen LogP contribution in [0.1, 0.15) is 25.7 Å². The zero-order valence-electron chi connectivity index (χ0n) is 12.2. The van der Waals surface area contributed by atoms with E-state index in [0.717, 1.165) is 25.0 Å². The maximum atomic E-state index is 11.4. The lowest BCUT2D eigenvalue weighted by Gasteiger charge is -2.14. The van der Waals surface area contributed by atoms with Gasteiger partial charge in [-0.3, -0.25) is 9.59 Å². The van der Waals surface area contributed by atoms with Gasteiger partial charge in [0.05, 0.1) is 0 Å². The number of esters is 2. The predicted molar refractivity (Wildman–Crippen MR) is 73.0 cm³/mol. The van der Waals surface area contributed by atoms with Gasteiger partial charge in [0.1, 0.15) is 0 Å². The van der Waals surface area contributed by atoms with E-state index in [1.54, 1.807) is 0 Å². The molecule has 0 radical (unpaired) electrons. The van der Waals surface area contributed by atoms with Crippen molar-refractivity contribution >= 4 is 23.8 Å². The van der Waals surface area contributed by atoms with Gasteiger partial charge in [-0.25, -0.2) is 9.59 Å². The lowest BCUT2D eigenvalue weighted by molar-refractivity contribution is -0.149. The first-order chi connectivity index (χ1) is 10.6. The highest BCUT2D eigenvalue weighted by molar-refractivity contribution is 5.91. The third kappa shape index (κ3) is 4.57. The molecule has 2 aliphatic heterocycles. The molecule has 0 unspecified atom stereocenters. The van der Waals surface area contributed by atoms with Crippen LogP contribution < -0.4 is 0 Å². The first-order valence-electron chi connectivity index (χ1n) is 7.13. The Bertz CT molecular complexity index is 458. The topological polar surface area (TPSA) is 93.2 Å². The van der Waals surface area contributed by atoms with Crippen molar-refractivity contribution in [1.82, 2.24) is 9.80 Å². The van der Waals surface area contributed by atoms with E-state index in [1.165, 1.54) is 9.80 Å². The van der Waals surface area contributed by atoms with Crippen LogP contribution in [0.2, 0.25) is 0 Å². The van der Waals surface area contributed by atoms with E-state index in [1.807, 2.05) is 0 Å². The van der Waals surface area contributed by atoms with Crippen molar-refractivity contribution in [3.8, 4) is 0 Å². The molecule has 2 saturated heterocycles. The fourth-order valence-electron chi connectivity index (χ4n) is 2.20. The van der Waals surface area contributed by atoms with E-state index in [4.69, 9.17) is 9.47 Å². The number of ether oxygens (including phenoxy) is 2. The first-order valence-corrected chi connectivity index (χ1v) is 7.13. The Hall–Kier alpha value is -2.38. The van der Waals surface area contributed by atoms with Crippen LogP contribution in [0, 0.1) is 0 Å². The minimum absolute atomic E-state index is 0.0496. The summed E-state index contributed by atoms with van der Waals surface area (Å²) in [5.41, 5.74) is 0. The summed E-state index contributed by atoms with van der Waals surface area (Å²) in [5, 5.41) is 0. The van der Waals surface area contributed by atoms with Crippen molar-refractivity contribution in [3.63, 3.8) is 0 Å². The van der Waals surface area contributed by atoms with Gasteiger partial charge in [0.2, 0.25) is 11.8 Å². The van der Waals surface area contributed by atoms with Crippen LogP contribution in [0.25, 0.3) is 0 Å². The SMILES string of the molecule is O=C(/C=C\C(=O)OCN1CCCC1=O)OCN1CCCC1=O. The fourth-order valence-corrected chi connectivity index (χ4v) is 2.20. The minimum Gasteiger partial charge on any atom is -0.441 e. The number of carbonyl (C=O) groups is 4. The summed E-state index contributed by atoms with van der Waals surface area (Å²) in [6.45, 7) is 0.919. The fraction of sp³-hybridized carbons (Fsp3) is 0.571. The third-order valence-electron chi connectivity index (χ3n) is 3.42. The molecule has 0 aromatic heterocycles. The molecule has 8 nitrogen and oxygen atoms in total. The van der Waals surface area contributed by atoms with Gasteiger partial charge < -0.3 is 19.3 Å². The van der Waals surface area contributed by atoms with Crippen molar-refractivity contribution in [2.24, 2.45) is 0 Å². The quantitative estimate of drug-likeness (QED) is 0.498. The van der Waals surface area contributed by atoms with Crippen LogP contribution in [-0.4, -0.2) is 60.1 Å². The lowest BCUT2D eigenvalue weighted by Crippen LogP contribution is -2.29. The Labute approximate surface area is 127 Å². The van der Waals surface area contributed by atoms with Crippen LogP contribution in [0.3, 0.4) is 0 Å². The maximum absolute atomic E-state index is 11.4. The molecule has 2 rings (SSSR count). The molecular weight excluding hydrogens is 292 g/mol. The van der Waals surface area contributed by atoms with Crippen LogP contribution in [0.15, 0.2) is 12.2 Å². The number of amides is 2. The summed E-state index contributed by atoms with van der Waals surface area (Å²) in [7, 11) is 0. The molecule has 0 aromatic rings. The molecule has 0 atom stereocenters. The lowest BCUT2D eigenvalue weighted by atomic mass is 10.4. The van der Waals surface area contributed by atoms with Crippen LogP contribution in [-0.2, 0) is 28.7 Å². The van der Waals surface area contributed by atoms with E-state index in [2.05, 4.69) is 0 Å². The third-order valence-corrected chi connectivity index (χ3v) is 3.42. The van der Waals surface area contributed by atoms with Gasteiger partial charge in [-0.05, 0) is 12.8 Å². The summed E-state index contributed by atoms with van der Waals surface area (Å²) >= 11 is 0. The monoisotopic (exact) mass is 310 g/mol. The van der Waals surface area contributed by atoms with Crippen LogP contribution >= 0.6 is 0 Å². The summed E-state index contributed by atoms with van der Waals surface area (Å²) in [6.07, 6.45) is 4.33. The summed E-state index contributed by atoms with van der Waals surface area (Å²) in [4.78, 5) is 48.3. The second-order valence-electron chi connectivity index (χ2n) is 5.04. The van der Waals surface area contributed by atoms with E-state index in [0.29, 0.717) is 25.9 Å². The molecule has 0 spiro atoms. The molecule has 2 fully saturated rings. The molecule has 2 aliphatic rings. The number of carbonyl (C=O) groups excluding carboxylic acids is 4. The summed E-state index contributed by atoms with van der Waals surface area (Å²) in [5.74, 6) is -1.55. The van der Waals surface area contributed by atoms with Crippen LogP contribution in [0.5, 0.6) is 0 Å². The molecule has 0 saturated carbocycles. The minimum atomic E-state index is -0.728. The van der Waals surface area contributed by atoms with E-state index in [-0.39, 0.29) is 25.3 Å². The van der Waals surface area contributed by atoms with Crippen molar-refractivity contribution in [2.75, 3.05) is 26.6 Å². The highest BCUT2D eigenvalue weighted by atomic mass is 16.6.